The molecule has 0 saturated carbocycles. The van der Waals surface area contributed by atoms with Gasteiger partial charge in [0.05, 0.1) is 18.2 Å². The average molecular weight is 307 g/mol. The maximum Gasteiger partial charge on any atom is 0.401 e. The van der Waals surface area contributed by atoms with Gasteiger partial charge in [0.15, 0.2) is 5.13 Å². The van der Waals surface area contributed by atoms with Crippen LogP contribution in [0.5, 0.6) is 0 Å². The Morgan fingerprint density at radius 2 is 2.35 bits per heavy atom. The lowest BCUT2D eigenvalue weighted by molar-refractivity contribution is -0.151. The monoisotopic (exact) mass is 307 g/mol. The number of piperidine rings is 1. The summed E-state index contributed by atoms with van der Waals surface area (Å²) in [6.07, 6.45) is -3.00. The Hall–Kier alpha value is -1.15. The predicted octanol–water partition coefficient (Wildman–Crippen LogP) is 2.66. The van der Waals surface area contributed by atoms with Crippen molar-refractivity contribution in [2.75, 3.05) is 25.0 Å². The van der Waals surface area contributed by atoms with Crippen molar-refractivity contribution in [3.8, 4) is 0 Å². The van der Waals surface area contributed by atoms with E-state index in [0.717, 1.165) is 5.69 Å². The molecule has 1 unspecified atom stereocenters. The fraction of sp³-hybridized carbons (Fsp3) is 0.667. The zero-order valence-corrected chi connectivity index (χ0v) is 11.9. The summed E-state index contributed by atoms with van der Waals surface area (Å²) in [5, 5.41) is 4.99. The summed E-state index contributed by atoms with van der Waals surface area (Å²) in [6.45, 7) is 1.40. The minimum absolute atomic E-state index is 0.149. The van der Waals surface area contributed by atoms with E-state index in [1.807, 2.05) is 12.3 Å². The minimum Gasteiger partial charge on any atom is -0.302 e. The number of alkyl halides is 3. The largest absolute Gasteiger partial charge is 0.401 e. The number of hydrogen-bond acceptors (Lipinski definition) is 4. The maximum atomic E-state index is 12.4. The number of hydrogen-bond donors (Lipinski definition) is 1. The molecule has 0 bridgehead atoms. The second-order valence-corrected chi connectivity index (χ2v) is 5.83. The highest BCUT2D eigenvalue weighted by atomic mass is 32.1. The zero-order chi connectivity index (χ0) is 14.8. The number of nitrogens with zero attached hydrogens (tertiary/aromatic N) is 2. The Balaban J connectivity index is 1.89. The molecule has 1 aliphatic rings. The van der Waals surface area contributed by atoms with Crippen LogP contribution >= 0.6 is 11.3 Å². The Labute approximate surface area is 119 Å². The van der Waals surface area contributed by atoms with Gasteiger partial charge in [-0.15, -0.1) is 11.3 Å². The normalized spacial score (nSPS) is 20.9. The highest BCUT2D eigenvalue weighted by Crippen LogP contribution is 2.24. The molecule has 1 aliphatic heterocycles. The third-order valence-electron chi connectivity index (χ3n) is 3.13. The molecule has 2 rings (SSSR count). The van der Waals surface area contributed by atoms with Crippen LogP contribution < -0.4 is 5.32 Å². The van der Waals surface area contributed by atoms with E-state index < -0.39 is 18.6 Å². The van der Waals surface area contributed by atoms with Crippen molar-refractivity contribution in [3.63, 3.8) is 0 Å². The lowest BCUT2D eigenvalue weighted by Gasteiger charge is -2.32. The van der Waals surface area contributed by atoms with Crippen LogP contribution in [0, 0.1) is 12.8 Å². The average Bonchev–Trinajstić information content (AvgIpc) is 2.73. The number of aryl methyl sites for hydroxylation is 1. The number of thiazole rings is 1. The van der Waals surface area contributed by atoms with Gasteiger partial charge in [0.1, 0.15) is 0 Å². The van der Waals surface area contributed by atoms with E-state index in [2.05, 4.69) is 10.3 Å². The number of amides is 1. The highest BCUT2D eigenvalue weighted by molar-refractivity contribution is 7.13. The summed E-state index contributed by atoms with van der Waals surface area (Å²) in [5.41, 5.74) is 0.813. The van der Waals surface area contributed by atoms with Crippen LogP contribution in [-0.2, 0) is 4.79 Å². The molecule has 112 valence electrons. The summed E-state index contributed by atoms with van der Waals surface area (Å²) >= 11 is 1.32. The van der Waals surface area contributed by atoms with Gasteiger partial charge in [-0.05, 0) is 26.3 Å². The molecule has 2 heterocycles. The number of anilines is 1. The first kappa shape index (κ1) is 15.2. The van der Waals surface area contributed by atoms with Gasteiger partial charge < -0.3 is 5.32 Å². The summed E-state index contributed by atoms with van der Waals surface area (Å²) < 4.78 is 37.1. The number of carbonyl (C=O) groups excluding carboxylic acids is 1. The molecular formula is C12H16F3N3OS. The van der Waals surface area contributed by atoms with Crippen molar-refractivity contribution in [2.24, 2.45) is 5.92 Å². The molecule has 1 amide bonds. The lowest BCUT2D eigenvalue weighted by atomic mass is 9.97. The van der Waals surface area contributed by atoms with Crippen molar-refractivity contribution in [3.05, 3.63) is 11.1 Å². The van der Waals surface area contributed by atoms with Crippen LogP contribution in [0.15, 0.2) is 5.38 Å². The second kappa shape index (κ2) is 6.09. The van der Waals surface area contributed by atoms with Crippen molar-refractivity contribution in [2.45, 2.75) is 25.9 Å². The van der Waals surface area contributed by atoms with E-state index >= 15 is 0 Å². The second-order valence-electron chi connectivity index (χ2n) is 4.97. The number of carbonyl (C=O) groups is 1. The number of aromatic nitrogens is 1. The molecule has 20 heavy (non-hydrogen) atoms. The first-order valence-corrected chi connectivity index (χ1v) is 7.23. The first-order valence-electron chi connectivity index (χ1n) is 6.35. The number of likely N-dealkylation sites (tertiary alicyclic amines) is 1. The first-order chi connectivity index (χ1) is 9.33. The molecule has 0 aliphatic carbocycles. The van der Waals surface area contributed by atoms with E-state index in [9.17, 15) is 18.0 Å². The number of rotatable bonds is 3. The van der Waals surface area contributed by atoms with Gasteiger partial charge in [0.25, 0.3) is 0 Å². The molecule has 8 heteroatoms. The topological polar surface area (TPSA) is 45.2 Å². The van der Waals surface area contributed by atoms with Gasteiger partial charge in [-0.2, -0.15) is 13.2 Å². The van der Waals surface area contributed by atoms with Crippen LogP contribution in [0.4, 0.5) is 18.3 Å². The highest BCUT2D eigenvalue weighted by Gasteiger charge is 2.34. The third kappa shape index (κ3) is 4.45. The Morgan fingerprint density at radius 3 is 2.95 bits per heavy atom. The zero-order valence-electron chi connectivity index (χ0n) is 11.0. The summed E-state index contributed by atoms with van der Waals surface area (Å²) in [5.74, 6) is -0.651. The van der Waals surface area contributed by atoms with Crippen molar-refractivity contribution >= 4 is 22.4 Å². The molecule has 0 spiro atoms. The summed E-state index contributed by atoms with van der Waals surface area (Å²) in [4.78, 5) is 17.4. The molecule has 0 aromatic carbocycles. The molecule has 1 N–H and O–H groups in total. The third-order valence-corrected chi connectivity index (χ3v) is 4.00. The van der Waals surface area contributed by atoms with Crippen molar-refractivity contribution < 1.29 is 18.0 Å². The minimum atomic E-state index is -4.22. The van der Waals surface area contributed by atoms with Crippen LogP contribution in [0.3, 0.4) is 0 Å². The van der Waals surface area contributed by atoms with Gasteiger partial charge in [0.2, 0.25) is 5.91 Å². The molecular weight excluding hydrogens is 291 g/mol. The fourth-order valence-corrected chi connectivity index (χ4v) is 2.98. The Kier molecular flexibility index (Phi) is 4.64. The van der Waals surface area contributed by atoms with E-state index in [0.29, 0.717) is 24.5 Å². The van der Waals surface area contributed by atoms with E-state index in [4.69, 9.17) is 0 Å². The molecule has 1 aromatic heterocycles. The molecule has 1 saturated heterocycles. The predicted molar refractivity (Wildman–Crippen MR) is 70.7 cm³/mol. The van der Waals surface area contributed by atoms with Gasteiger partial charge >= 0.3 is 6.18 Å². The molecule has 1 atom stereocenters. The number of halogens is 3. The van der Waals surface area contributed by atoms with Crippen LogP contribution in [0.1, 0.15) is 18.5 Å². The van der Waals surface area contributed by atoms with Gasteiger partial charge in [-0.1, -0.05) is 0 Å². The Morgan fingerprint density at radius 1 is 1.60 bits per heavy atom. The van der Waals surface area contributed by atoms with Gasteiger partial charge in [0, 0.05) is 11.9 Å². The Bertz CT molecular complexity index is 475. The summed E-state index contributed by atoms with van der Waals surface area (Å²) in [7, 11) is 0. The molecule has 1 fully saturated rings. The van der Waals surface area contributed by atoms with Crippen LogP contribution in [-0.4, -0.2) is 41.6 Å². The van der Waals surface area contributed by atoms with E-state index in [1.165, 1.54) is 16.2 Å². The van der Waals surface area contributed by atoms with E-state index in [1.54, 1.807) is 0 Å². The summed E-state index contributed by atoms with van der Waals surface area (Å²) in [6, 6.07) is 0. The lowest BCUT2D eigenvalue weighted by Crippen LogP contribution is -2.44. The standard InChI is InChI=1S/C12H16F3N3OS/c1-8-6-20-11(16-8)17-10(19)9-3-2-4-18(5-9)7-12(13,14)15/h6,9H,2-5,7H2,1H3,(H,16,17,19). The quantitative estimate of drug-likeness (QED) is 0.934. The fourth-order valence-electron chi connectivity index (χ4n) is 2.29. The van der Waals surface area contributed by atoms with Crippen LogP contribution in [0.2, 0.25) is 0 Å². The molecule has 4 nitrogen and oxygen atoms in total. The SMILES string of the molecule is Cc1csc(NC(=O)C2CCCN(CC(F)(F)F)C2)n1. The van der Waals surface area contributed by atoms with Crippen molar-refractivity contribution in [1.82, 2.24) is 9.88 Å². The van der Waals surface area contributed by atoms with Crippen molar-refractivity contribution in [1.29, 1.82) is 0 Å². The number of nitrogens with one attached hydrogen (secondary N) is 1. The molecule has 0 radical (unpaired) electrons. The molecule has 1 aromatic rings. The van der Waals surface area contributed by atoms with Crippen LogP contribution in [0.25, 0.3) is 0 Å². The maximum absolute atomic E-state index is 12.4. The van der Waals surface area contributed by atoms with E-state index in [-0.39, 0.29) is 12.5 Å². The smallest absolute Gasteiger partial charge is 0.302 e. The van der Waals surface area contributed by atoms with Gasteiger partial charge in [-0.3, -0.25) is 9.69 Å². The van der Waals surface area contributed by atoms with Gasteiger partial charge in [-0.25, -0.2) is 4.98 Å².